The molecule has 1 atom stereocenters. The molecule has 0 amide bonds. The third-order valence-electron chi connectivity index (χ3n) is 2.68. The van der Waals surface area contributed by atoms with E-state index in [4.69, 9.17) is 4.74 Å². The van der Waals surface area contributed by atoms with Gasteiger partial charge < -0.3 is 10.1 Å². The molecule has 1 N–H and O–H groups in total. The standard InChI is InChI=1S/C11H14F3N3O/c1-6(11(12,13)14)18-9-5-8(15-2)16-10(17-9)7-3-4-7/h5-7H,3-4H2,1-2H3,(H,15,16,17). The summed E-state index contributed by atoms with van der Waals surface area (Å²) in [5.41, 5.74) is 0. The molecule has 7 heteroatoms. The van der Waals surface area contributed by atoms with E-state index in [2.05, 4.69) is 15.3 Å². The molecule has 100 valence electrons. The second-order valence-electron chi connectivity index (χ2n) is 4.28. The highest BCUT2D eigenvalue weighted by Gasteiger charge is 2.38. The minimum absolute atomic E-state index is 0.0407. The molecule has 0 aromatic carbocycles. The Labute approximate surface area is 103 Å². The summed E-state index contributed by atoms with van der Waals surface area (Å²) in [6.45, 7) is 0.956. The van der Waals surface area contributed by atoms with Gasteiger partial charge in [-0.3, -0.25) is 0 Å². The molecule has 1 heterocycles. The predicted molar refractivity (Wildman–Crippen MR) is 59.7 cm³/mol. The van der Waals surface area contributed by atoms with Crippen LogP contribution < -0.4 is 10.1 Å². The zero-order chi connectivity index (χ0) is 13.3. The van der Waals surface area contributed by atoms with Crippen molar-refractivity contribution in [2.75, 3.05) is 12.4 Å². The van der Waals surface area contributed by atoms with E-state index in [1.54, 1.807) is 7.05 Å². The van der Waals surface area contributed by atoms with Crippen LogP contribution in [-0.4, -0.2) is 29.3 Å². The molecular formula is C11H14F3N3O. The van der Waals surface area contributed by atoms with Crippen LogP contribution in [0.2, 0.25) is 0 Å². The number of anilines is 1. The molecule has 1 unspecified atom stereocenters. The van der Waals surface area contributed by atoms with Crippen LogP contribution in [0.5, 0.6) is 5.88 Å². The molecule has 2 rings (SSSR count). The Kier molecular flexibility index (Phi) is 3.32. The average Bonchev–Trinajstić information content (AvgIpc) is 3.11. The van der Waals surface area contributed by atoms with E-state index in [1.165, 1.54) is 6.07 Å². The lowest BCUT2D eigenvalue weighted by molar-refractivity contribution is -0.190. The van der Waals surface area contributed by atoms with Crippen LogP contribution in [-0.2, 0) is 0 Å². The van der Waals surface area contributed by atoms with E-state index in [1.807, 2.05) is 0 Å². The Morgan fingerprint density at radius 1 is 1.39 bits per heavy atom. The van der Waals surface area contributed by atoms with E-state index in [-0.39, 0.29) is 11.8 Å². The molecule has 0 radical (unpaired) electrons. The van der Waals surface area contributed by atoms with E-state index in [0.29, 0.717) is 11.6 Å². The highest BCUT2D eigenvalue weighted by Crippen LogP contribution is 2.39. The lowest BCUT2D eigenvalue weighted by Crippen LogP contribution is -2.31. The fraction of sp³-hybridized carbons (Fsp3) is 0.636. The van der Waals surface area contributed by atoms with Crippen LogP contribution in [0.15, 0.2) is 6.07 Å². The van der Waals surface area contributed by atoms with Gasteiger partial charge in [0.2, 0.25) is 5.88 Å². The maximum Gasteiger partial charge on any atom is 0.425 e. The first-order chi connectivity index (χ1) is 8.40. The second-order valence-corrected chi connectivity index (χ2v) is 4.28. The number of nitrogens with zero attached hydrogens (tertiary/aromatic N) is 2. The van der Waals surface area contributed by atoms with Gasteiger partial charge in [0.15, 0.2) is 6.10 Å². The molecule has 18 heavy (non-hydrogen) atoms. The molecule has 0 bridgehead atoms. The van der Waals surface area contributed by atoms with Crippen molar-refractivity contribution in [3.63, 3.8) is 0 Å². The minimum Gasteiger partial charge on any atom is -0.465 e. The lowest BCUT2D eigenvalue weighted by Gasteiger charge is -2.17. The third-order valence-corrected chi connectivity index (χ3v) is 2.68. The number of hydrogen-bond donors (Lipinski definition) is 1. The highest BCUT2D eigenvalue weighted by atomic mass is 19.4. The van der Waals surface area contributed by atoms with Crippen molar-refractivity contribution >= 4 is 5.82 Å². The Hall–Kier alpha value is -1.53. The summed E-state index contributed by atoms with van der Waals surface area (Å²) >= 11 is 0. The molecule has 1 aromatic heterocycles. The first kappa shape index (κ1) is 12.9. The molecule has 4 nitrogen and oxygen atoms in total. The van der Waals surface area contributed by atoms with Gasteiger partial charge in [0.1, 0.15) is 11.6 Å². The van der Waals surface area contributed by atoms with Crippen LogP contribution in [0.4, 0.5) is 19.0 Å². The fourth-order valence-corrected chi connectivity index (χ4v) is 1.40. The molecule has 1 aliphatic rings. The summed E-state index contributed by atoms with van der Waals surface area (Å²) < 4.78 is 42.0. The zero-order valence-corrected chi connectivity index (χ0v) is 10.1. The van der Waals surface area contributed by atoms with Crippen molar-refractivity contribution in [1.29, 1.82) is 0 Å². The number of halogens is 3. The van der Waals surface area contributed by atoms with Gasteiger partial charge in [0.05, 0.1) is 0 Å². The first-order valence-corrected chi connectivity index (χ1v) is 5.70. The predicted octanol–water partition coefficient (Wildman–Crippen LogP) is 2.73. The normalized spacial score (nSPS) is 17.4. The van der Waals surface area contributed by atoms with E-state index in [9.17, 15) is 13.2 Å². The van der Waals surface area contributed by atoms with E-state index >= 15 is 0 Å². The van der Waals surface area contributed by atoms with Crippen LogP contribution in [0.1, 0.15) is 31.5 Å². The second kappa shape index (κ2) is 4.62. The van der Waals surface area contributed by atoms with Crippen molar-refractivity contribution in [3.8, 4) is 5.88 Å². The quantitative estimate of drug-likeness (QED) is 0.905. The van der Waals surface area contributed by atoms with Gasteiger partial charge in [0, 0.05) is 19.0 Å². The summed E-state index contributed by atoms with van der Waals surface area (Å²) in [6, 6.07) is 1.37. The van der Waals surface area contributed by atoms with E-state index in [0.717, 1.165) is 19.8 Å². The molecular weight excluding hydrogens is 247 g/mol. The van der Waals surface area contributed by atoms with Gasteiger partial charge in [-0.2, -0.15) is 18.2 Å². The lowest BCUT2D eigenvalue weighted by atomic mass is 10.3. The molecule has 1 saturated carbocycles. The summed E-state index contributed by atoms with van der Waals surface area (Å²) in [6.07, 6.45) is -4.34. The third kappa shape index (κ3) is 3.02. The molecule has 0 aliphatic heterocycles. The zero-order valence-electron chi connectivity index (χ0n) is 10.1. The monoisotopic (exact) mass is 261 g/mol. The maximum absolute atomic E-state index is 12.4. The highest BCUT2D eigenvalue weighted by molar-refractivity contribution is 5.38. The summed E-state index contributed by atoms with van der Waals surface area (Å²) in [5, 5.41) is 2.79. The largest absolute Gasteiger partial charge is 0.465 e. The maximum atomic E-state index is 12.4. The minimum atomic E-state index is -4.40. The summed E-state index contributed by atoms with van der Waals surface area (Å²) in [4.78, 5) is 8.22. The van der Waals surface area contributed by atoms with Gasteiger partial charge in [-0.1, -0.05) is 0 Å². The van der Waals surface area contributed by atoms with E-state index < -0.39 is 12.3 Å². The fourth-order valence-electron chi connectivity index (χ4n) is 1.40. The number of alkyl halides is 3. The van der Waals surface area contributed by atoms with Crippen LogP contribution in [0.3, 0.4) is 0 Å². The van der Waals surface area contributed by atoms with Crippen LogP contribution in [0, 0.1) is 0 Å². The molecule has 0 spiro atoms. The molecule has 1 aliphatic carbocycles. The van der Waals surface area contributed by atoms with Gasteiger partial charge in [-0.25, -0.2) is 4.98 Å². The smallest absolute Gasteiger partial charge is 0.425 e. The SMILES string of the molecule is CNc1cc(OC(C)C(F)(F)F)nc(C2CC2)n1. The van der Waals surface area contributed by atoms with Crippen LogP contribution in [0.25, 0.3) is 0 Å². The van der Waals surface area contributed by atoms with Crippen molar-refractivity contribution < 1.29 is 17.9 Å². The van der Waals surface area contributed by atoms with Crippen molar-refractivity contribution in [2.45, 2.75) is 38.0 Å². The van der Waals surface area contributed by atoms with Crippen molar-refractivity contribution in [2.24, 2.45) is 0 Å². The Morgan fingerprint density at radius 2 is 2.06 bits per heavy atom. The van der Waals surface area contributed by atoms with Gasteiger partial charge in [0.25, 0.3) is 0 Å². The summed E-state index contributed by atoms with van der Waals surface area (Å²) in [5.74, 6) is 1.23. The Morgan fingerprint density at radius 3 is 2.56 bits per heavy atom. The number of hydrogen-bond acceptors (Lipinski definition) is 4. The van der Waals surface area contributed by atoms with Gasteiger partial charge >= 0.3 is 6.18 Å². The topological polar surface area (TPSA) is 47.0 Å². The molecule has 1 aromatic rings. The number of nitrogens with one attached hydrogen (secondary N) is 1. The van der Waals surface area contributed by atoms with Crippen molar-refractivity contribution in [1.82, 2.24) is 9.97 Å². The number of rotatable bonds is 4. The molecule has 1 fully saturated rings. The average molecular weight is 261 g/mol. The summed E-state index contributed by atoms with van der Waals surface area (Å²) in [7, 11) is 1.65. The Balaban J connectivity index is 2.18. The Bertz CT molecular complexity index is 432. The van der Waals surface area contributed by atoms with Crippen LogP contribution >= 0.6 is 0 Å². The van der Waals surface area contributed by atoms with Gasteiger partial charge in [-0.15, -0.1) is 0 Å². The molecule has 0 saturated heterocycles. The number of aromatic nitrogens is 2. The first-order valence-electron chi connectivity index (χ1n) is 5.70. The van der Waals surface area contributed by atoms with Gasteiger partial charge in [-0.05, 0) is 19.8 Å². The number of ether oxygens (including phenoxy) is 1. The van der Waals surface area contributed by atoms with Crippen molar-refractivity contribution in [3.05, 3.63) is 11.9 Å².